The lowest BCUT2D eigenvalue weighted by Gasteiger charge is -2.51. The molecule has 6 atom stereocenters. The highest BCUT2D eigenvalue weighted by Gasteiger charge is 2.44. The van der Waals surface area contributed by atoms with Gasteiger partial charge in [0, 0.05) is 12.3 Å². The van der Waals surface area contributed by atoms with E-state index in [-0.39, 0.29) is 0 Å². The summed E-state index contributed by atoms with van der Waals surface area (Å²) in [4.78, 5) is 4.85. The Bertz CT molecular complexity index is 447. The van der Waals surface area contributed by atoms with Gasteiger partial charge in [0.25, 0.3) is 0 Å². The van der Waals surface area contributed by atoms with Crippen LogP contribution in [-0.2, 0) is 0 Å². The second kappa shape index (κ2) is 9.20. The maximum atomic E-state index is 4.85. The third-order valence-corrected chi connectivity index (χ3v) is 7.07. The first-order valence-corrected chi connectivity index (χ1v) is 10.8. The Kier molecular flexibility index (Phi) is 7.57. The molecule has 24 heavy (non-hydrogen) atoms. The smallest absolute Gasteiger partial charge is 0.0402 e. The van der Waals surface area contributed by atoms with Crippen LogP contribution < -0.4 is 0 Å². The first kappa shape index (κ1) is 19.7. The quantitative estimate of drug-likeness (QED) is 0.406. The standard InChI is InChI=1S/C23H41N/c1-7-10-19(15-18(6)23(24-9-3)16(4)8-2)21-13-14-22(21)20-12-11-17(20)5/h15-17,19-22H,7-14H2,1-6H3/b18-15?,24-23-. The van der Waals surface area contributed by atoms with Gasteiger partial charge in [-0.2, -0.15) is 0 Å². The SMILES string of the molecule is CCCC(C=C(C)/C(=N\CC)C(C)CC)C1CCC1C1CCC1C. The molecule has 0 spiro atoms. The highest BCUT2D eigenvalue weighted by Crippen LogP contribution is 2.53. The summed E-state index contributed by atoms with van der Waals surface area (Å²) in [6.07, 6.45) is 12.4. The van der Waals surface area contributed by atoms with Crippen molar-refractivity contribution in [2.24, 2.45) is 40.5 Å². The molecular weight excluding hydrogens is 290 g/mol. The van der Waals surface area contributed by atoms with Gasteiger partial charge in [-0.15, -0.1) is 0 Å². The summed E-state index contributed by atoms with van der Waals surface area (Å²) < 4.78 is 0. The minimum Gasteiger partial charge on any atom is -0.290 e. The molecule has 2 fully saturated rings. The van der Waals surface area contributed by atoms with Crippen molar-refractivity contribution in [1.29, 1.82) is 0 Å². The molecule has 0 aromatic carbocycles. The molecule has 0 saturated heterocycles. The summed E-state index contributed by atoms with van der Waals surface area (Å²) in [5, 5.41) is 0. The fourth-order valence-corrected chi connectivity index (χ4v) is 5.14. The monoisotopic (exact) mass is 331 g/mol. The van der Waals surface area contributed by atoms with E-state index in [1.54, 1.807) is 0 Å². The average Bonchev–Trinajstić information content (AvgIpc) is 2.54. The third-order valence-electron chi connectivity index (χ3n) is 7.07. The largest absolute Gasteiger partial charge is 0.290 e. The Hall–Kier alpha value is -0.590. The van der Waals surface area contributed by atoms with Gasteiger partial charge in [0.15, 0.2) is 0 Å². The van der Waals surface area contributed by atoms with Crippen molar-refractivity contribution in [3.8, 4) is 0 Å². The number of aliphatic imine (C=N–C) groups is 1. The van der Waals surface area contributed by atoms with Gasteiger partial charge < -0.3 is 0 Å². The summed E-state index contributed by atoms with van der Waals surface area (Å²) >= 11 is 0. The zero-order valence-corrected chi connectivity index (χ0v) is 17.1. The Morgan fingerprint density at radius 1 is 1.08 bits per heavy atom. The molecule has 2 rings (SSSR count). The molecule has 0 N–H and O–H groups in total. The fraction of sp³-hybridized carbons (Fsp3) is 0.870. The lowest BCUT2D eigenvalue weighted by molar-refractivity contribution is -0.00771. The third kappa shape index (κ3) is 4.33. The highest BCUT2D eigenvalue weighted by atomic mass is 14.7. The van der Waals surface area contributed by atoms with E-state index in [0.29, 0.717) is 5.92 Å². The van der Waals surface area contributed by atoms with Crippen molar-refractivity contribution in [1.82, 2.24) is 0 Å². The van der Waals surface area contributed by atoms with E-state index < -0.39 is 0 Å². The van der Waals surface area contributed by atoms with Crippen LogP contribution in [0.2, 0.25) is 0 Å². The van der Waals surface area contributed by atoms with E-state index in [4.69, 9.17) is 4.99 Å². The molecular formula is C23H41N. The van der Waals surface area contributed by atoms with Crippen LogP contribution in [-0.4, -0.2) is 12.3 Å². The first-order valence-electron chi connectivity index (χ1n) is 10.8. The highest BCUT2D eigenvalue weighted by molar-refractivity contribution is 6.01. The summed E-state index contributed by atoms with van der Waals surface area (Å²) in [7, 11) is 0. The summed E-state index contributed by atoms with van der Waals surface area (Å²) in [5.41, 5.74) is 2.84. The van der Waals surface area contributed by atoms with E-state index in [0.717, 1.165) is 36.1 Å². The maximum absolute atomic E-state index is 4.85. The van der Waals surface area contributed by atoms with E-state index in [1.807, 2.05) is 0 Å². The van der Waals surface area contributed by atoms with Crippen molar-refractivity contribution in [2.45, 2.75) is 86.5 Å². The normalized spacial score (nSPS) is 33.6. The number of hydrogen-bond acceptors (Lipinski definition) is 1. The molecule has 0 amide bonds. The molecule has 2 aliphatic rings. The van der Waals surface area contributed by atoms with E-state index in [1.165, 1.54) is 56.2 Å². The number of nitrogens with zero attached hydrogens (tertiary/aromatic N) is 1. The van der Waals surface area contributed by atoms with Crippen LogP contribution in [0.25, 0.3) is 0 Å². The lowest BCUT2D eigenvalue weighted by atomic mass is 9.54. The van der Waals surface area contributed by atoms with Crippen LogP contribution in [0, 0.1) is 35.5 Å². The van der Waals surface area contributed by atoms with Crippen molar-refractivity contribution < 1.29 is 0 Å². The maximum Gasteiger partial charge on any atom is 0.0402 e. The number of allylic oxidation sites excluding steroid dienone is 2. The van der Waals surface area contributed by atoms with Gasteiger partial charge in [-0.1, -0.05) is 46.6 Å². The average molecular weight is 332 g/mol. The Labute approximate surface area is 151 Å². The Morgan fingerprint density at radius 2 is 1.79 bits per heavy atom. The molecule has 2 aliphatic carbocycles. The van der Waals surface area contributed by atoms with Crippen molar-refractivity contribution in [3.63, 3.8) is 0 Å². The van der Waals surface area contributed by atoms with Crippen LogP contribution in [0.15, 0.2) is 16.6 Å². The van der Waals surface area contributed by atoms with Crippen LogP contribution in [0.5, 0.6) is 0 Å². The van der Waals surface area contributed by atoms with Crippen LogP contribution in [0.3, 0.4) is 0 Å². The van der Waals surface area contributed by atoms with Gasteiger partial charge in [-0.3, -0.25) is 4.99 Å². The fourth-order valence-electron chi connectivity index (χ4n) is 5.14. The Morgan fingerprint density at radius 3 is 2.21 bits per heavy atom. The topological polar surface area (TPSA) is 12.4 Å². The number of hydrogen-bond donors (Lipinski definition) is 0. The van der Waals surface area contributed by atoms with Gasteiger partial charge in [0.2, 0.25) is 0 Å². The van der Waals surface area contributed by atoms with Gasteiger partial charge in [0.05, 0.1) is 0 Å². The minimum atomic E-state index is 0.590. The molecule has 0 radical (unpaired) electrons. The molecule has 0 aromatic heterocycles. The molecule has 1 heteroatoms. The van der Waals surface area contributed by atoms with Gasteiger partial charge in [-0.05, 0) is 87.0 Å². The van der Waals surface area contributed by atoms with Gasteiger partial charge in [-0.25, -0.2) is 0 Å². The van der Waals surface area contributed by atoms with Crippen LogP contribution >= 0.6 is 0 Å². The summed E-state index contributed by atoms with van der Waals surface area (Å²) in [6.45, 7) is 14.9. The van der Waals surface area contributed by atoms with E-state index >= 15 is 0 Å². The molecule has 0 heterocycles. The molecule has 0 bridgehead atoms. The van der Waals surface area contributed by atoms with Crippen LogP contribution in [0.4, 0.5) is 0 Å². The molecule has 138 valence electrons. The molecule has 0 aromatic rings. The lowest BCUT2D eigenvalue weighted by Crippen LogP contribution is -2.43. The molecule has 2 saturated carbocycles. The first-order chi connectivity index (χ1) is 11.5. The summed E-state index contributed by atoms with van der Waals surface area (Å²) in [6, 6.07) is 0. The summed E-state index contributed by atoms with van der Waals surface area (Å²) in [5.74, 6) is 5.37. The van der Waals surface area contributed by atoms with E-state index in [9.17, 15) is 0 Å². The zero-order valence-electron chi connectivity index (χ0n) is 17.1. The second-order valence-corrected chi connectivity index (χ2v) is 8.59. The second-order valence-electron chi connectivity index (χ2n) is 8.59. The number of rotatable bonds is 9. The van der Waals surface area contributed by atoms with Crippen molar-refractivity contribution >= 4 is 5.71 Å². The molecule has 0 aliphatic heterocycles. The molecule has 1 nitrogen and oxygen atoms in total. The Balaban J connectivity index is 2.12. The predicted molar refractivity (Wildman–Crippen MR) is 108 cm³/mol. The van der Waals surface area contributed by atoms with E-state index in [2.05, 4.69) is 47.6 Å². The van der Waals surface area contributed by atoms with Gasteiger partial charge in [0.1, 0.15) is 0 Å². The van der Waals surface area contributed by atoms with Gasteiger partial charge >= 0.3 is 0 Å². The van der Waals surface area contributed by atoms with Crippen molar-refractivity contribution in [2.75, 3.05) is 6.54 Å². The van der Waals surface area contributed by atoms with Crippen molar-refractivity contribution in [3.05, 3.63) is 11.6 Å². The molecule has 6 unspecified atom stereocenters. The predicted octanol–water partition coefficient (Wildman–Crippen LogP) is 6.93. The van der Waals surface area contributed by atoms with Crippen LogP contribution in [0.1, 0.15) is 86.5 Å². The minimum absolute atomic E-state index is 0.590. The zero-order chi connectivity index (χ0) is 17.7.